The zero-order chi connectivity index (χ0) is 21.4. The lowest BCUT2D eigenvalue weighted by Crippen LogP contribution is -2.52. The Morgan fingerprint density at radius 3 is 2.70 bits per heavy atom. The molecule has 1 saturated carbocycles. The summed E-state index contributed by atoms with van der Waals surface area (Å²) in [5, 5.41) is 15.0. The normalized spacial score (nSPS) is 24.3. The first-order chi connectivity index (χ1) is 14.3. The molecular formula is C21H24N4O5. The quantitative estimate of drug-likeness (QED) is 0.709. The molecule has 30 heavy (non-hydrogen) atoms. The molecule has 158 valence electrons. The SMILES string of the molecule is C[C@]1(Cc2ccc3c(c2)OCO3)NC(=O)N(CC(=O)NC2(C#N)CCCCC2)C1=O. The first kappa shape index (κ1) is 20.0. The summed E-state index contributed by atoms with van der Waals surface area (Å²) in [5.74, 6) is 0.251. The number of rotatable bonds is 5. The number of nitrogens with one attached hydrogen (secondary N) is 2. The number of benzene rings is 1. The molecule has 2 aliphatic heterocycles. The average molecular weight is 412 g/mol. The van der Waals surface area contributed by atoms with Crippen molar-refractivity contribution >= 4 is 17.8 Å². The molecule has 4 amide bonds. The predicted molar refractivity (Wildman–Crippen MR) is 104 cm³/mol. The molecule has 0 bridgehead atoms. The maximum Gasteiger partial charge on any atom is 0.325 e. The van der Waals surface area contributed by atoms with Crippen LogP contribution < -0.4 is 20.1 Å². The maximum absolute atomic E-state index is 13.0. The van der Waals surface area contributed by atoms with Crippen LogP contribution >= 0.6 is 0 Å². The van der Waals surface area contributed by atoms with Crippen LogP contribution in [0.2, 0.25) is 0 Å². The summed E-state index contributed by atoms with van der Waals surface area (Å²) < 4.78 is 10.7. The molecule has 9 heteroatoms. The van der Waals surface area contributed by atoms with Gasteiger partial charge in [0.25, 0.3) is 5.91 Å². The molecule has 0 aromatic heterocycles. The number of ether oxygens (including phenoxy) is 2. The fraction of sp³-hybridized carbons (Fsp3) is 0.524. The second-order valence-corrected chi connectivity index (χ2v) is 8.32. The van der Waals surface area contributed by atoms with Gasteiger partial charge in [0.2, 0.25) is 12.7 Å². The molecule has 3 aliphatic rings. The van der Waals surface area contributed by atoms with Gasteiger partial charge in [-0.3, -0.25) is 14.5 Å². The minimum atomic E-state index is -1.18. The van der Waals surface area contributed by atoms with Crippen LogP contribution in [0.3, 0.4) is 0 Å². The number of imide groups is 1. The van der Waals surface area contributed by atoms with Gasteiger partial charge in [-0.1, -0.05) is 25.3 Å². The number of fused-ring (bicyclic) bond motifs is 1. The largest absolute Gasteiger partial charge is 0.454 e. The van der Waals surface area contributed by atoms with Crippen LogP contribution in [0.15, 0.2) is 18.2 Å². The van der Waals surface area contributed by atoms with Crippen LogP contribution in [0.5, 0.6) is 11.5 Å². The van der Waals surface area contributed by atoms with Crippen LogP contribution in [0.25, 0.3) is 0 Å². The number of amides is 4. The molecule has 1 atom stereocenters. The van der Waals surface area contributed by atoms with Gasteiger partial charge in [0, 0.05) is 6.42 Å². The van der Waals surface area contributed by atoms with Crippen molar-refractivity contribution in [2.75, 3.05) is 13.3 Å². The number of nitrogens with zero attached hydrogens (tertiary/aromatic N) is 2. The standard InChI is InChI=1S/C21H24N4O5/c1-20(10-14-5-6-15-16(9-14)30-13-29-15)18(27)25(19(28)24-20)11-17(26)23-21(12-22)7-3-2-4-8-21/h5-6,9H,2-4,7-8,10-11,13H2,1H3,(H,23,26)(H,24,28)/t20-/m1/s1. The summed E-state index contributed by atoms with van der Waals surface area (Å²) in [4.78, 5) is 38.9. The van der Waals surface area contributed by atoms with E-state index in [1.807, 2.05) is 6.07 Å². The number of carbonyl (C=O) groups excluding carboxylic acids is 3. The molecule has 1 saturated heterocycles. The Kier molecular flexibility index (Phi) is 5.02. The van der Waals surface area contributed by atoms with E-state index in [2.05, 4.69) is 16.7 Å². The van der Waals surface area contributed by atoms with Crippen LogP contribution in [0.4, 0.5) is 4.79 Å². The summed E-state index contributed by atoms with van der Waals surface area (Å²) in [6, 6.07) is 6.95. The molecule has 2 heterocycles. The van der Waals surface area contributed by atoms with Crippen molar-refractivity contribution in [3.05, 3.63) is 23.8 Å². The van der Waals surface area contributed by atoms with E-state index in [1.54, 1.807) is 19.1 Å². The van der Waals surface area contributed by atoms with Gasteiger partial charge in [0.1, 0.15) is 17.6 Å². The van der Waals surface area contributed by atoms with Gasteiger partial charge in [-0.05, 0) is 37.5 Å². The van der Waals surface area contributed by atoms with E-state index >= 15 is 0 Å². The summed E-state index contributed by atoms with van der Waals surface area (Å²) in [7, 11) is 0. The third-order valence-electron chi connectivity index (χ3n) is 5.94. The second-order valence-electron chi connectivity index (χ2n) is 8.32. The zero-order valence-corrected chi connectivity index (χ0v) is 16.8. The van der Waals surface area contributed by atoms with Gasteiger partial charge in [0.15, 0.2) is 11.5 Å². The highest BCUT2D eigenvalue weighted by Gasteiger charge is 2.48. The first-order valence-electron chi connectivity index (χ1n) is 10.1. The van der Waals surface area contributed by atoms with E-state index in [0.717, 1.165) is 29.7 Å². The van der Waals surface area contributed by atoms with Gasteiger partial charge in [-0.15, -0.1) is 0 Å². The van der Waals surface area contributed by atoms with Crippen LogP contribution in [0.1, 0.15) is 44.6 Å². The number of nitriles is 1. The van der Waals surface area contributed by atoms with Crippen molar-refractivity contribution < 1.29 is 23.9 Å². The molecule has 1 aliphatic carbocycles. The predicted octanol–water partition coefficient (Wildman–Crippen LogP) is 1.61. The van der Waals surface area contributed by atoms with Crippen molar-refractivity contribution in [2.24, 2.45) is 0 Å². The molecule has 1 aromatic carbocycles. The number of carbonyl (C=O) groups is 3. The van der Waals surface area contributed by atoms with Gasteiger partial charge >= 0.3 is 6.03 Å². The smallest absolute Gasteiger partial charge is 0.325 e. The number of urea groups is 1. The van der Waals surface area contributed by atoms with E-state index < -0.39 is 35.5 Å². The molecular weight excluding hydrogens is 388 g/mol. The second kappa shape index (κ2) is 7.52. The summed E-state index contributed by atoms with van der Waals surface area (Å²) >= 11 is 0. The monoisotopic (exact) mass is 412 g/mol. The van der Waals surface area contributed by atoms with Gasteiger partial charge < -0.3 is 20.1 Å². The fourth-order valence-corrected chi connectivity index (χ4v) is 4.34. The Balaban J connectivity index is 1.43. The Morgan fingerprint density at radius 2 is 1.97 bits per heavy atom. The third kappa shape index (κ3) is 3.65. The average Bonchev–Trinajstić information content (AvgIpc) is 3.26. The lowest BCUT2D eigenvalue weighted by molar-refractivity contribution is -0.135. The molecule has 9 nitrogen and oxygen atoms in total. The Labute approximate surface area is 174 Å². The molecule has 2 N–H and O–H groups in total. The van der Waals surface area contributed by atoms with Crippen molar-refractivity contribution in [2.45, 2.75) is 56.5 Å². The third-order valence-corrected chi connectivity index (χ3v) is 5.94. The summed E-state index contributed by atoms with van der Waals surface area (Å²) in [6.07, 6.45) is 4.17. The molecule has 2 fully saturated rings. The Morgan fingerprint density at radius 1 is 1.23 bits per heavy atom. The van der Waals surface area contributed by atoms with E-state index in [4.69, 9.17) is 9.47 Å². The zero-order valence-electron chi connectivity index (χ0n) is 16.8. The first-order valence-corrected chi connectivity index (χ1v) is 10.1. The Bertz CT molecular complexity index is 934. The molecule has 4 rings (SSSR count). The molecule has 0 radical (unpaired) electrons. The number of hydrogen-bond donors (Lipinski definition) is 2. The maximum atomic E-state index is 13.0. The lowest BCUT2D eigenvalue weighted by atomic mass is 9.83. The summed E-state index contributed by atoms with van der Waals surface area (Å²) in [6.45, 7) is 1.37. The topological polar surface area (TPSA) is 121 Å². The minimum absolute atomic E-state index is 0.152. The minimum Gasteiger partial charge on any atom is -0.454 e. The fourth-order valence-electron chi connectivity index (χ4n) is 4.34. The highest BCUT2D eigenvalue weighted by Crippen LogP contribution is 2.34. The summed E-state index contributed by atoms with van der Waals surface area (Å²) in [5.41, 5.74) is -1.29. The highest BCUT2D eigenvalue weighted by molar-refractivity contribution is 6.09. The van der Waals surface area contributed by atoms with Gasteiger partial charge in [-0.25, -0.2) is 4.79 Å². The van der Waals surface area contributed by atoms with E-state index in [9.17, 15) is 19.6 Å². The van der Waals surface area contributed by atoms with E-state index in [-0.39, 0.29) is 13.2 Å². The molecule has 0 unspecified atom stereocenters. The van der Waals surface area contributed by atoms with Crippen molar-refractivity contribution in [1.29, 1.82) is 5.26 Å². The van der Waals surface area contributed by atoms with E-state index in [1.165, 1.54) is 0 Å². The van der Waals surface area contributed by atoms with Crippen molar-refractivity contribution in [3.63, 3.8) is 0 Å². The van der Waals surface area contributed by atoms with Crippen LogP contribution in [-0.4, -0.2) is 47.2 Å². The van der Waals surface area contributed by atoms with Gasteiger partial charge in [0.05, 0.1) is 6.07 Å². The van der Waals surface area contributed by atoms with Gasteiger partial charge in [-0.2, -0.15) is 5.26 Å². The van der Waals surface area contributed by atoms with Crippen molar-refractivity contribution in [1.82, 2.24) is 15.5 Å². The van der Waals surface area contributed by atoms with Crippen LogP contribution in [0, 0.1) is 11.3 Å². The molecule has 0 spiro atoms. The Hall–Kier alpha value is -3.28. The van der Waals surface area contributed by atoms with Crippen molar-refractivity contribution in [3.8, 4) is 17.6 Å². The molecule has 1 aromatic rings. The van der Waals surface area contributed by atoms with Crippen LogP contribution in [-0.2, 0) is 16.0 Å². The number of hydrogen-bond acceptors (Lipinski definition) is 6. The lowest BCUT2D eigenvalue weighted by Gasteiger charge is -2.32. The highest BCUT2D eigenvalue weighted by atomic mass is 16.7. The van der Waals surface area contributed by atoms with E-state index in [0.29, 0.717) is 24.3 Å².